The third-order valence-corrected chi connectivity index (χ3v) is 5.36. The zero-order valence-electron chi connectivity index (χ0n) is 17.3. The number of alkyl halides is 5. The monoisotopic (exact) mass is 504 g/mol. The summed E-state index contributed by atoms with van der Waals surface area (Å²) >= 11 is 11.1. The van der Waals surface area contributed by atoms with Gasteiger partial charge >= 0.3 is 6.18 Å². The van der Waals surface area contributed by atoms with Crippen LogP contribution in [0.2, 0.25) is 0 Å². The molecule has 0 aliphatic carbocycles. The number of nitrogens with zero attached hydrogens (tertiary/aromatic N) is 3. The van der Waals surface area contributed by atoms with Crippen LogP contribution in [0.5, 0.6) is 0 Å². The molecule has 0 bridgehead atoms. The number of hydrogen-bond acceptors (Lipinski definition) is 6. The number of rotatable bonds is 7. The largest absolute Gasteiger partial charge is 0.421 e. The van der Waals surface area contributed by atoms with Crippen LogP contribution in [0.25, 0.3) is 0 Å². The molecule has 3 N–H and O–H groups in total. The second-order valence-corrected chi connectivity index (χ2v) is 7.80. The van der Waals surface area contributed by atoms with Crippen LogP contribution in [-0.4, -0.2) is 57.6 Å². The highest BCUT2D eigenvalue weighted by Gasteiger charge is 2.36. The molecule has 1 fully saturated rings. The molecule has 8 nitrogen and oxygen atoms in total. The highest BCUT2D eigenvalue weighted by atomic mass is 35.5. The number of nitrogens with one attached hydrogen (secondary N) is 3. The van der Waals surface area contributed by atoms with E-state index < -0.39 is 23.5 Å². The summed E-state index contributed by atoms with van der Waals surface area (Å²) in [5.41, 5.74) is -0.635. The first-order valence-corrected chi connectivity index (χ1v) is 11.0. The van der Waals surface area contributed by atoms with Gasteiger partial charge in [0.05, 0.1) is 11.4 Å². The average Bonchev–Trinajstić information content (AvgIpc) is 2.79. The van der Waals surface area contributed by atoms with Crippen molar-refractivity contribution in [1.82, 2.24) is 14.9 Å². The number of halogens is 5. The van der Waals surface area contributed by atoms with Gasteiger partial charge in [0, 0.05) is 25.3 Å². The Hall–Kier alpha value is -2.79. The predicted octanol–water partition coefficient (Wildman–Crippen LogP) is 4.06. The Kier molecular flexibility index (Phi) is 8.20. The molecule has 1 atom stereocenters. The van der Waals surface area contributed by atoms with Crippen LogP contribution in [0.4, 0.5) is 36.3 Å². The van der Waals surface area contributed by atoms with Crippen LogP contribution in [0, 0.1) is 0 Å². The van der Waals surface area contributed by atoms with E-state index in [1.165, 1.54) is 12.1 Å². The molecule has 3 rings (SSSR count). The molecular formula is C20H21Cl2F3N6O2. The SMILES string of the molecule is O=C(CCl)Nc1ccccc1Nc1nc(NC2CCCN(C(=O)CCl)C2)ncc1C(F)(F)F. The summed E-state index contributed by atoms with van der Waals surface area (Å²) in [6, 6.07) is 5.98. The van der Waals surface area contributed by atoms with E-state index in [1.54, 1.807) is 17.0 Å². The van der Waals surface area contributed by atoms with Crippen molar-refractivity contribution in [3.8, 4) is 0 Å². The molecule has 1 aliphatic rings. The maximum absolute atomic E-state index is 13.6. The van der Waals surface area contributed by atoms with E-state index in [0.717, 1.165) is 0 Å². The molecule has 1 unspecified atom stereocenters. The van der Waals surface area contributed by atoms with Crippen LogP contribution in [0.1, 0.15) is 18.4 Å². The zero-order chi connectivity index (χ0) is 24.0. The molecule has 2 heterocycles. The van der Waals surface area contributed by atoms with E-state index in [-0.39, 0.29) is 41.0 Å². The molecule has 2 amide bonds. The number of likely N-dealkylation sites (tertiary alicyclic amines) is 1. The Bertz CT molecular complexity index is 1010. The second-order valence-electron chi connectivity index (χ2n) is 7.26. The van der Waals surface area contributed by atoms with Gasteiger partial charge in [0.15, 0.2) is 0 Å². The Morgan fingerprint density at radius 3 is 2.55 bits per heavy atom. The maximum atomic E-state index is 13.6. The van der Waals surface area contributed by atoms with Crippen LogP contribution in [0.15, 0.2) is 30.5 Å². The number of carbonyl (C=O) groups is 2. The highest BCUT2D eigenvalue weighted by molar-refractivity contribution is 6.29. The first-order chi connectivity index (χ1) is 15.7. The van der Waals surface area contributed by atoms with Gasteiger partial charge in [-0.3, -0.25) is 9.59 Å². The maximum Gasteiger partial charge on any atom is 0.421 e. The van der Waals surface area contributed by atoms with Crippen molar-refractivity contribution in [2.24, 2.45) is 0 Å². The van der Waals surface area contributed by atoms with Crippen molar-refractivity contribution in [2.75, 3.05) is 40.8 Å². The van der Waals surface area contributed by atoms with E-state index in [0.29, 0.717) is 32.1 Å². The lowest BCUT2D eigenvalue weighted by atomic mass is 10.1. The van der Waals surface area contributed by atoms with Crippen molar-refractivity contribution in [3.63, 3.8) is 0 Å². The Morgan fingerprint density at radius 2 is 1.88 bits per heavy atom. The second kappa shape index (κ2) is 10.9. The normalized spacial score (nSPS) is 16.3. The molecule has 1 saturated heterocycles. The minimum atomic E-state index is -4.72. The first-order valence-electron chi connectivity index (χ1n) is 9.97. The predicted molar refractivity (Wildman–Crippen MR) is 120 cm³/mol. The Labute approximate surface area is 197 Å². The van der Waals surface area contributed by atoms with E-state index in [9.17, 15) is 22.8 Å². The van der Waals surface area contributed by atoms with E-state index >= 15 is 0 Å². The fourth-order valence-electron chi connectivity index (χ4n) is 3.35. The molecule has 1 aromatic carbocycles. The summed E-state index contributed by atoms with van der Waals surface area (Å²) in [7, 11) is 0. The number of hydrogen-bond donors (Lipinski definition) is 3. The molecule has 33 heavy (non-hydrogen) atoms. The fraction of sp³-hybridized carbons (Fsp3) is 0.400. The summed E-state index contributed by atoms with van der Waals surface area (Å²) in [6.45, 7) is 0.904. The Balaban J connectivity index is 1.86. The van der Waals surface area contributed by atoms with Gasteiger partial charge < -0.3 is 20.9 Å². The van der Waals surface area contributed by atoms with E-state index in [1.807, 2.05) is 0 Å². The van der Waals surface area contributed by atoms with Crippen LogP contribution in [0.3, 0.4) is 0 Å². The molecule has 0 spiro atoms. The van der Waals surface area contributed by atoms with Crippen molar-refractivity contribution >= 4 is 58.2 Å². The van der Waals surface area contributed by atoms with Gasteiger partial charge in [0.25, 0.3) is 0 Å². The fourth-order valence-corrected chi connectivity index (χ4v) is 3.59. The summed E-state index contributed by atoms with van der Waals surface area (Å²) in [6.07, 6.45) is -2.64. The standard InChI is InChI=1S/C20H21Cl2F3N6O2/c21-8-16(32)28-14-5-1-2-6-15(14)29-18-13(20(23,24)25)10-26-19(30-18)27-12-4-3-7-31(11-12)17(33)9-22/h1-2,5-6,10,12H,3-4,7-9,11H2,(H,28,32)(H2,26,27,29,30). The van der Waals surface area contributed by atoms with Crippen LogP contribution in [-0.2, 0) is 15.8 Å². The van der Waals surface area contributed by atoms with Crippen molar-refractivity contribution in [1.29, 1.82) is 0 Å². The van der Waals surface area contributed by atoms with Gasteiger partial charge in [0.1, 0.15) is 23.1 Å². The smallest absolute Gasteiger partial charge is 0.350 e. The van der Waals surface area contributed by atoms with Crippen molar-refractivity contribution in [3.05, 3.63) is 36.0 Å². The average molecular weight is 505 g/mol. The summed E-state index contributed by atoms with van der Waals surface area (Å²) in [4.78, 5) is 33.0. The molecule has 2 aromatic rings. The minimum Gasteiger partial charge on any atom is -0.350 e. The molecule has 13 heteroatoms. The van der Waals surface area contributed by atoms with Gasteiger partial charge in [0.2, 0.25) is 17.8 Å². The number of aromatic nitrogens is 2. The third-order valence-electron chi connectivity index (χ3n) is 4.89. The van der Waals surface area contributed by atoms with Crippen LogP contribution < -0.4 is 16.0 Å². The first kappa shape index (κ1) is 24.8. The van der Waals surface area contributed by atoms with Crippen LogP contribution >= 0.6 is 23.2 Å². The van der Waals surface area contributed by atoms with Gasteiger partial charge in [-0.1, -0.05) is 12.1 Å². The van der Waals surface area contributed by atoms with E-state index in [2.05, 4.69) is 25.9 Å². The third kappa shape index (κ3) is 6.61. The topological polar surface area (TPSA) is 99.2 Å². The Morgan fingerprint density at radius 1 is 1.15 bits per heavy atom. The number of para-hydroxylation sites is 2. The van der Waals surface area contributed by atoms with Gasteiger partial charge in [-0.25, -0.2) is 4.98 Å². The molecule has 1 aliphatic heterocycles. The van der Waals surface area contributed by atoms with Crippen molar-refractivity contribution in [2.45, 2.75) is 25.1 Å². The molecule has 0 saturated carbocycles. The van der Waals surface area contributed by atoms with Gasteiger partial charge in [-0.2, -0.15) is 18.2 Å². The van der Waals surface area contributed by atoms with Gasteiger partial charge in [-0.15, -0.1) is 23.2 Å². The number of piperidine rings is 1. The van der Waals surface area contributed by atoms with Gasteiger partial charge in [-0.05, 0) is 25.0 Å². The molecule has 1 aromatic heterocycles. The number of amides is 2. The summed E-state index contributed by atoms with van der Waals surface area (Å²) in [5, 5.41) is 8.15. The molecule has 0 radical (unpaired) electrons. The highest BCUT2D eigenvalue weighted by Crippen LogP contribution is 2.36. The summed E-state index contributed by atoms with van der Waals surface area (Å²) in [5.74, 6) is -1.70. The zero-order valence-corrected chi connectivity index (χ0v) is 18.8. The lowest BCUT2D eigenvalue weighted by molar-refractivity contribution is -0.137. The minimum absolute atomic E-state index is 0.0297. The number of benzene rings is 1. The quantitative estimate of drug-likeness (QED) is 0.491. The van der Waals surface area contributed by atoms with Crippen molar-refractivity contribution < 1.29 is 22.8 Å². The summed E-state index contributed by atoms with van der Waals surface area (Å²) < 4.78 is 40.8. The molecule has 178 valence electrons. The molecular weight excluding hydrogens is 484 g/mol. The van der Waals surface area contributed by atoms with E-state index in [4.69, 9.17) is 23.2 Å². The lowest BCUT2D eigenvalue weighted by Crippen LogP contribution is -2.45. The number of carbonyl (C=O) groups excluding carboxylic acids is 2. The number of anilines is 4. The lowest BCUT2D eigenvalue weighted by Gasteiger charge is -2.32.